The van der Waals surface area contributed by atoms with Crippen molar-refractivity contribution in [2.24, 2.45) is 4.99 Å². The average Bonchev–Trinajstić information content (AvgIpc) is 3.08. The Kier molecular flexibility index (Phi) is 6.68. The van der Waals surface area contributed by atoms with Gasteiger partial charge in [-0.3, -0.25) is 9.36 Å². The molecule has 0 N–H and O–H groups in total. The Morgan fingerprint density at radius 3 is 2.55 bits per heavy atom. The van der Waals surface area contributed by atoms with E-state index in [1.165, 1.54) is 16.9 Å². The Balaban J connectivity index is 1.92. The molecule has 1 atom stereocenters. The first-order chi connectivity index (χ1) is 15.8. The molecule has 1 aromatic heterocycles. The van der Waals surface area contributed by atoms with E-state index in [0.29, 0.717) is 37.1 Å². The molecule has 33 heavy (non-hydrogen) atoms. The Labute approximate surface area is 201 Å². The second kappa shape index (κ2) is 9.49. The van der Waals surface area contributed by atoms with E-state index in [1.807, 2.05) is 36.4 Å². The summed E-state index contributed by atoms with van der Waals surface area (Å²) in [6, 6.07) is 14.7. The highest BCUT2D eigenvalue weighted by Crippen LogP contribution is 2.34. The van der Waals surface area contributed by atoms with Crippen LogP contribution < -0.4 is 14.9 Å². The van der Waals surface area contributed by atoms with Crippen LogP contribution in [0.25, 0.3) is 6.08 Å². The first kappa shape index (κ1) is 23.2. The molecule has 0 radical (unpaired) electrons. The van der Waals surface area contributed by atoms with E-state index in [-0.39, 0.29) is 12.2 Å². The molecule has 2 heterocycles. The predicted octanol–water partition coefficient (Wildman–Crippen LogP) is 4.58. The van der Waals surface area contributed by atoms with Crippen LogP contribution in [0.15, 0.2) is 69.6 Å². The van der Waals surface area contributed by atoms with E-state index in [2.05, 4.69) is 31.0 Å². The van der Waals surface area contributed by atoms with Gasteiger partial charge in [0.15, 0.2) is 4.80 Å². The Bertz CT molecular complexity index is 1410. The minimum Gasteiger partial charge on any atom is -0.463 e. The van der Waals surface area contributed by atoms with E-state index in [4.69, 9.17) is 16.3 Å². The summed E-state index contributed by atoms with van der Waals surface area (Å²) in [6.07, 6.45) is 1.86. The molecule has 5 nitrogen and oxygen atoms in total. The summed E-state index contributed by atoms with van der Waals surface area (Å²) in [6.45, 7) is 8.02. The third-order valence-corrected chi connectivity index (χ3v) is 6.94. The van der Waals surface area contributed by atoms with Crippen LogP contribution in [0.3, 0.4) is 0 Å². The maximum absolute atomic E-state index is 13.6. The van der Waals surface area contributed by atoms with Crippen molar-refractivity contribution in [3.63, 3.8) is 0 Å². The minimum absolute atomic E-state index is 0.217. The molecule has 4 rings (SSSR count). The molecule has 1 aliphatic rings. The lowest BCUT2D eigenvalue weighted by Gasteiger charge is -2.25. The highest BCUT2D eigenvalue weighted by atomic mass is 35.5. The van der Waals surface area contributed by atoms with Gasteiger partial charge >= 0.3 is 5.97 Å². The van der Waals surface area contributed by atoms with Gasteiger partial charge < -0.3 is 4.74 Å². The summed E-state index contributed by atoms with van der Waals surface area (Å²) >= 11 is 7.82. The Hall–Kier alpha value is -2.96. The van der Waals surface area contributed by atoms with Crippen LogP contribution in [-0.4, -0.2) is 17.1 Å². The van der Waals surface area contributed by atoms with Gasteiger partial charge in [-0.15, -0.1) is 0 Å². The number of halogens is 1. The average molecular weight is 481 g/mol. The third-order valence-electron chi connectivity index (χ3n) is 5.62. The number of rotatable bonds is 5. The molecule has 2 aromatic carbocycles. The summed E-state index contributed by atoms with van der Waals surface area (Å²) in [5.41, 5.74) is 3.45. The first-order valence-electron chi connectivity index (χ1n) is 10.9. The lowest BCUT2D eigenvalue weighted by molar-refractivity contribution is -0.139. The van der Waals surface area contributed by atoms with Gasteiger partial charge in [0.25, 0.3) is 5.56 Å². The molecule has 3 aromatic rings. The number of allylic oxidation sites excluding steroid dienone is 1. The number of ether oxygens (including phenoxy) is 1. The number of nitrogens with zero attached hydrogens (tertiary/aromatic N) is 2. The van der Waals surface area contributed by atoms with Crippen molar-refractivity contribution in [3.8, 4) is 0 Å². The van der Waals surface area contributed by atoms with Crippen LogP contribution in [-0.2, 0) is 9.53 Å². The summed E-state index contributed by atoms with van der Waals surface area (Å²) in [7, 11) is 0. The number of esters is 1. The standard InChI is InChI=1S/C26H25ClN2O3S/c1-5-32-25(31)22-16(4)28-26-29(23(22)19-8-6-7-9-20(19)27)24(30)21(33-26)14-17-10-12-18(13-11-17)15(2)3/h6-15,23H,5H2,1-4H3/b21-14-/t23-/m0/s1. The molecule has 170 valence electrons. The number of hydrogen-bond acceptors (Lipinski definition) is 5. The molecule has 0 fully saturated rings. The van der Waals surface area contributed by atoms with Crippen LogP contribution in [0.2, 0.25) is 5.02 Å². The Morgan fingerprint density at radius 1 is 1.21 bits per heavy atom. The topological polar surface area (TPSA) is 60.7 Å². The summed E-state index contributed by atoms with van der Waals surface area (Å²) in [5, 5.41) is 0.470. The van der Waals surface area contributed by atoms with Crippen LogP contribution in [0.4, 0.5) is 0 Å². The molecule has 0 unspecified atom stereocenters. The second-order valence-corrected chi connectivity index (χ2v) is 9.56. The van der Waals surface area contributed by atoms with Gasteiger partial charge in [-0.05, 0) is 48.6 Å². The van der Waals surface area contributed by atoms with Gasteiger partial charge in [0.1, 0.15) is 6.04 Å². The van der Waals surface area contributed by atoms with Gasteiger partial charge in [0, 0.05) is 5.02 Å². The van der Waals surface area contributed by atoms with Crippen molar-refractivity contribution in [3.05, 3.63) is 101 Å². The van der Waals surface area contributed by atoms with Crippen molar-refractivity contribution in [2.45, 2.75) is 39.7 Å². The number of hydrogen-bond donors (Lipinski definition) is 0. The summed E-state index contributed by atoms with van der Waals surface area (Å²) in [4.78, 5) is 31.6. The summed E-state index contributed by atoms with van der Waals surface area (Å²) < 4.78 is 7.41. The molecule has 0 spiro atoms. The van der Waals surface area contributed by atoms with Crippen molar-refractivity contribution in [1.29, 1.82) is 0 Å². The number of fused-ring (bicyclic) bond motifs is 1. The van der Waals surface area contributed by atoms with Crippen LogP contribution in [0.5, 0.6) is 0 Å². The zero-order chi connectivity index (χ0) is 23.7. The molecule has 0 aliphatic carbocycles. The predicted molar refractivity (Wildman–Crippen MR) is 132 cm³/mol. The maximum Gasteiger partial charge on any atom is 0.338 e. The maximum atomic E-state index is 13.6. The molecule has 0 amide bonds. The number of benzene rings is 2. The Morgan fingerprint density at radius 2 is 1.91 bits per heavy atom. The second-order valence-electron chi connectivity index (χ2n) is 8.15. The smallest absolute Gasteiger partial charge is 0.338 e. The first-order valence-corrected chi connectivity index (χ1v) is 12.0. The van der Waals surface area contributed by atoms with E-state index in [9.17, 15) is 9.59 Å². The molecule has 0 saturated carbocycles. The normalized spacial score (nSPS) is 16.1. The molecule has 0 bridgehead atoms. The van der Waals surface area contributed by atoms with Crippen molar-refractivity contribution < 1.29 is 9.53 Å². The van der Waals surface area contributed by atoms with E-state index in [1.54, 1.807) is 24.5 Å². The fourth-order valence-electron chi connectivity index (χ4n) is 3.91. The lowest BCUT2D eigenvalue weighted by Crippen LogP contribution is -2.40. The number of carbonyl (C=O) groups is 1. The summed E-state index contributed by atoms with van der Waals surface area (Å²) in [5.74, 6) is -0.0634. The van der Waals surface area contributed by atoms with Crippen LogP contribution in [0.1, 0.15) is 56.3 Å². The van der Waals surface area contributed by atoms with Gasteiger partial charge in [-0.2, -0.15) is 0 Å². The van der Waals surface area contributed by atoms with Crippen LogP contribution >= 0.6 is 22.9 Å². The van der Waals surface area contributed by atoms with Crippen LogP contribution in [0, 0.1) is 0 Å². The van der Waals surface area contributed by atoms with Gasteiger partial charge in [-0.25, -0.2) is 9.79 Å². The highest BCUT2D eigenvalue weighted by Gasteiger charge is 2.34. The van der Waals surface area contributed by atoms with Crippen molar-refractivity contribution in [2.75, 3.05) is 6.61 Å². The van der Waals surface area contributed by atoms with E-state index >= 15 is 0 Å². The molecule has 7 heteroatoms. The van der Waals surface area contributed by atoms with Gasteiger partial charge in [0.2, 0.25) is 0 Å². The fraction of sp³-hybridized carbons (Fsp3) is 0.269. The lowest BCUT2D eigenvalue weighted by atomic mass is 9.96. The fourth-order valence-corrected chi connectivity index (χ4v) is 5.20. The van der Waals surface area contributed by atoms with E-state index < -0.39 is 12.0 Å². The zero-order valence-corrected chi connectivity index (χ0v) is 20.5. The van der Waals surface area contributed by atoms with Gasteiger partial charge in [-0.1, -0.05) is 79.2 Å². The largest absolute Gasteiger partial charge is 0.463 e. The monoisotopic (exact) mass is 480 g/mol. The van der Waals surface area contributed by atoms with Gasteiger partial charge in [0.05, 0.1) is 22.4 Å². The van der Waals surface area contributed by atoms with Crippen molar-refractivity contribution >= 4 is 35.0 Å². The molecular weight excluding hydrogens is 456 g/mol. The van der Waals surface area contributed by atoms with E-state index in [0.717, 1.165) is 5.56 Å². The number of thiazole rings is 1. The number of carbonyl (C=O) groups excluding carboxylic acids is 1. The zero-order valence-electron chi connectivity index (χ0n) is 19.0. The molecular formula is C26H25ClN2O3S. The highest BCUT2D eigenvalue weighted by molar-refractivity contribution is 7.07. The minimum atomic E-state index is -0.709. The molecule has 1 aliphatic heterocycles. The number of aromatic nitrogens is 1. The van der Waals surface area contributed by atoms with Crippen molar-refractivity contribution in [1.82, 2.24) is 4.57 Å². The third kappa shape index (κ3) is 4.45. The SMILES string of the molecule is CCOC(=O)C1=C(C)N=c2s/c(=C\c3ccc(C(C)C)cc3)c(=O)n2[C@H]1c1ccccc1Cl. The quantitative estimate of drug-likeness (QED) is 0.502. The molecule has 0 saturated heterocycles.